The summed E-state index contributed by atoms with van der Waals surface area (Å²) in [6.07, 6.45) is 5.64. The largest absolute Gasteiger partial charge is 0.308 e. The Hall–Kier alpha value is -0.890. The Morgan fingerprint density at radius 1 is 1.54 bits per heavy atom. The van der Waals surface area contributed by atoms with Crippen molar-refractivity contribution in [3.63, 3.8) is 0 Å². The first-order chi connectivity index (χ1) is 6.40. The van der Waals surface area contributed by atoms with Gasteiger partial charge in [-0.3, -0.25) is 4.98 Å². The molecule has 2 rings (SSSR count). The third kappa shape index (κ3) is 2.28. The second-order valence-electron chi connectivity index (χ2n) is 3.62. The van der Waals surface area contributed by atoms with E-state index in [1.54, 1.807) is 0 Å². The minimum absolute atomic E-state index is 0.770. The lowest BCUT2D eigenvalue weighted by Crippen LogP contribution is -2.17. The number of rotatable bonds is 4. The fourth-order valence-corrected chi connectivity index (χ4v) is 1.48. The molecule has 13 heavy (non-hydrogen) atoms. The molecule has 1 aliphatic rings. The van der Waals surface area contributed by atoms with E-state index in [0.29, 0.717) is 0 Å². The first-order valence-electron chi connectivity index (χ1n) is 5.06. The number of aromatic nitrogens is 1. The smallest absolute Gasteiger partial charge is 0.0573 e. The number of nitrogens with one attached hydrogen (secondary N) is 1. The number of aryl methyl sites for hydroxylation is 1. The van der Waals surface area contributed by atoms with Crippen molar-refractivity contribution in [3.8, 4) is 0 Å². The molecule has 1 aromatic rings. The molecule has 1 heterocycles. The standard InChI is InChI=1S/C11H16N2/c1-2-9-4-3-7-12-11(9)8-13-10-5-6-10/h3-4,7,10,13H,2,5-6,8H2,1H3. The zero-order valence-electron chi connectivity index (χ0n) is 8.09. The van der Waals surface area contributed by atoms with Gasteiger partial charge in [0.15, 0.2) is 0 Å². The molecule has 0 aliphatic heterocycles. The predicted octanol–water partition coefficient (Wildman–Crippen LogP) is 1.90. The fraction of sp³-hybridized carbons (Fsp3) is 0.545. The van der Waals surface area contributed by atoms with Crippen LogP contribution in [0.4, 0.5) is 0 Å². The summed E-state index contributed by atoms with van der Waals surface area (Å²) in [6, 6.07) is 4.95. The second-order valence-corrected chi connectivity index (χ2v) is 3.62. The quantitative estimate of drug-likeness (QED) is 0.758. The third-order valence-electron chi connectivity index (χ3n) is 2.50. The van der Waals surface area contributed by atoms with Gasteiger partial charge < -0.3 is 5.32 Å². The molecule has 1 aromatic heterocycles. The van der Waals surface area contributed by atoms with Crippen LogP contribution in [0.3, 0.4) is 0 Å². The predicted molar refractivity (Wildman–Crippen MR) is 53.5 cm³/mol. The van der Waals surface area contributed by atoms with Gasteiger partial charge in [-0.05, 0) is 30.9 Å². The first kappa shape index (κ1) is 8.70. The van der Waals surface area contributed by atoms with Crippen LogP contribution in [0.5, 0.6) is 0 Å². The van der Waals surface area contributed by atoms with E-state index in [-0.39, 0.29) is 0 Å². The minimum Gasteiger partial charge on any atom is -0.308 e. The Balaban J connectivity index is 1.99. The van der Waals surface area contributed by atoms with Crippen molar-refractivity contribution in [1.29, 1.82) is 0 Å². The minimum atomic E-state index is 0.770. The summed E-state index contributed by atoms with van der Waals surface area (Å²) in [5.74, 6) is 0. The van der Waals surface area contributed by atoms with E-state index < -0.39 is 0 Å². The van der Waals surface area contributed by atoms with E-state index in [2.05, 4.69) is 23.3 Å². The maximum absolute atomic E-state index is 4.39. The van der Waals surface area contributed by atoms with Gasteiger partial charge in [-0.15, -0.1) is 0 Å². The summed E-state index contributed by atoms with van der Waals surface area (Å²) < 4.78 is 0. The average Bonchev–Trinajstić information content (AvgIpc) is 2.99. The van der Waals surface area contributed by atoms with Gasteiger partial charge >= 0.3 is 0 Å². The van der Waals surface area contributed by atoms with E-state index >= 15 is 0 Å². The number of hydrogen-bond acceptors (Lipinski definition) is 2. The zero-order chi connectivity index (χ0) is 9.10. The van der Waals surface area contributed by atoms with Crippen LogP contribution in [0.25, 0.3) is 0 Å². The highest BCUT2D eigenvalue weighted by atomic mass is 15.0. The average molecular weight is 176 g/mol. The Kier molecular flexibility index (Phi) is 2.60. The number of pyridine rings is 1. The number of hydrogen-bond donors (Lipinski definition) is 1. The molecule has 0 aromatic carbocycles. The SMILES string of the molecule is CCc1cccnc1CNC1CC1. The lowest BCUT2D eigenvalue weighted by atomic mass is 10.1. The summed E-state index contributed by atoms with van der Waals surface area (Å²) in [6.45, 7) is 3.12. The molecule has 0 spiro atoms. The molecule has 0 atom stereocenters. The van der Waals surface area contributed by atoms with Gasteiger partial charge in [0.05, 0.1) is 5.69 Å². The van der Waals surface area contributed by atoms with Crippen LogP contribution in [0.15, 0.2) is 18.3 Å². The molecule has 2 nitrogen and oxygen atoms in total. The molecule has 1 fully saturated rings. The van der Waals surface area contributed by atoms with Gasteiger partial charge in [0, 0.05) is 18.8 Å². The van der Waals surface area contributed by atoms with Crippen LogP contribution in [0, 0.1) is 0 Å². The Bertz CT molecular complexity index is 279. The van der Waals surface area contributed by atoms with Gasteiger partial charge in [0.1, 0.15) is 0 Å². The van der Waals surface area contributed by atoms with Crippen LogP contribution in [0.2, 0.25) is 0 Å². The van der Waals surface area contributed by atoms with Crippen molar-refractivity contribution in [2.75, 3.05) is 0 Å². The van der Waals surface area contributed by atoms with E-state index in [1.165, 1.54) is 24.1 Å². The van der Waals surface area contributed by atoms with Crippen LogP contribution in [-0.2, 0) is 13.0 Å². The Morgan fingerprint density at radius 3 is 3.08 bits per heavy atom. The maximum Gasteiger partial charge on any atom is 0.0573 e. The van der Waals surface area contributed by atoms with Crippen LogP contribution < -0.4 is 5.32 Å². The Morgan fingerprint density at radius 2 is 2.38 bits per heavy atom. The van der Waals surface area contributed by atoms with Gasteiger partial charge in [0.25, 0.3) is 0 Å². The molecule has 0 amide bonds. The van der Waals surface area contributed by atoms with Crippen molar-refractivity contribution < 1.29 is 0 Å². The lowest BCUT2D eigenvalue weighted by Gasteiger charge is -2.06. The van der Waals surface area contributed by atoms with Gasteiger partial charge in [-0.2, -0.15) is 0 Å². The van der Waals surface area contributed by atoms with E-state index in [0.717, 1.165) is 19.0 Å². The monoisotopic (exact) mass is 176 g/mol. The highest BCUT2D eigenvalue weighted by molar-refractivity contribution is 5.19. The third-order valence-corrected chi connectivity index (χ3v) is 2.50. The van der Waals surface area contributed by atoms with Crippen molar-refractivity contribution in [1.82, 2.24) is 10.3 Å². The fourth-order valence-electron chi connectivity index (χ4n) is 1.48. The molecule has 1 N–H and O–H groups in total. The van der Waals surface area contributed by atoms with E-state index in [1.807, 2.05) is 12.3 Å². The van der Waals surface area contributed by atoms with Crippen molar-refractivity contribution >= 4 is 0 Å². The highest BCUT2D eigenvalue weighted by Gasteiger charge is 2.20. The molecule has 2 heteroatoms. The maximum atomic E-state index is 4.39. The van der Waals surface area contributed by atoms with E-state index in [4.69, 9.17) is 0 Å². The highest BCUT2D eigenvalue weighted by Crippen LogP contribution is 2.19. The summed E-state index contributed by atoms with van der Waals surface area (Å²) in [5.41, 5.74) is 2.59. The molecule has 0 saturated heterocycles. The molecule has 1 aliphatic carbocycles. The number of nitrogens with zero attached hydrogens (tertiary/aromatic N) is 1. The Labute approximate surface area is 79.4 Å². The molecule has 0 bridgehead atoms. The van der Waals surface area contributed by atoms with E-state index in [9.17, 15) is 0 Å². The van der Waals surface area contributed by atoms with Crippen LogP contribution in [-0.4, -0.2) is 11.0 Å². The van der Waals surface area contributed by atoms with Crippen LogP contribution in [0.1, 0.15) is 31.0 Å². The van der Waals surface area contributed by atoms with Crippen molar-refractivity contribution in [3.05, 3.63) is 29.6 Å². The molecule has 0 unspecified atom stereocenters. The van der Waals surface area contributed by atoms with Crippen molar-refractivity contribution in [2.24, 2.45) is 0 Å². The summed E-state index contributed by atoms with van der Waals surface area (Å²) in [7, 11) is 0. The van der Waals surface area contributed by atoms with Crippen molar-refractivity contribution in [2.45, 2.75) is 38.8 Å². The lowest BCUT2D eigenvalue weighted by molar-refractivity contribution is 0.668. The van der Waals surface area contributed by atoms with Gasteiger partial charge in [-0.1, -0.05) is 13.0 Å². The zero-order valence-corrected chi connectivity index (χ0v) is 8.09. The summed E-state index contributed by atoms with van der Waals surface area (Å²) in [5, 5.41) is 3.49. The first-order valence-corrected chi connectivity index (χ1v) is 5.06. The molecular weight excluding hydrogens is 160 g/mol. The summed E-state index contributed by atoms with van der Waals surface area (Å²) in [4.78, 5) is 4.39. The van der Waals surface area contributed by atoms with Crippen LogP contribution >= 0.6 is 0 Å². The van der Waals surface area contributed by atoms with Gasteiger partial charge in [-0.25, -0.2) is 0 Å². The molecule has 0 radical (unpaired) electrons. The molecular formula is C11H16N2. The topological polar surface area (TPSA) is 24.9 Å². The molecule has 70 valence electrons. The summed E-state index contributed by atoms with van der Waals surface area (Å²) >= 11 is 0. The van der Waals surface area contributed by atoms with Gasteiger partial charge in [0.2, 0.25) is 0 Å². The normalized spacial score (nSPS) is 16.1. The molecule has 1 saturated carbocycles. The second kappa shape index (κ2) is 3.88.